The van der Waals surface area contributed by atoms with Crippen LogP contribution in [0.2, 0.25) is 0 Å². The molecule has 1 atom stereocenters. The highest BCUT2D eigenvalue weighted by Crippen LogP contribution is 2.05. The first-order valence-electron chi connectivity index (χ1n) is 6.41. The molecule has 0 spiro atoms. The molecule has 1 fully saturated rings. The van der Waals surface area contributed by atoms with Gasteiger partial charge in [0, 0.05) is 38.4 Å². The quantitative estimate of drug-likeness (QED) is 0.789. The van der Waals surface area contributed by atoms with Gasteiger partial charge in [-0.15, -0.1) is 12.4 Å². The maximum Gasteiger partial charge on any atom is 0.227 e. The zero-order valence-corrected chi connectivity index (χ0v) is 12.3. The van der Waals surface area contributed by atoms with Gasteiger partial charge in [-0.2, -0.15) is 5.10 Å². The molecule has 1 unspecified atom stereocenters. The van der Waals surface area contributed by atoms with Crippen molar-refractivity contribution in [2.24, 2.45) is 0 Å². The van der Waals surface area contributed by atoms with Crippen LogP contribution >= 0.6 is 12.4 Å². The van der Waals surface area contributed by atoms with Gasteiger partial charge in [-0.25, -0.2) is 0 Å². The van der Waals surface area contributed by atoms with Crippen molar-refractivity contribution in [2.45, 2.75) is 19.0 Å². The Hall–Kier alpha value is -1.15. The molecule has 2 N–H and O–H groups in total. The normalized spacial score (nSPS) is 18.4. The summed E-state index contributed by atoms with van der Waals surface area (Å²) in [5.41, 5.74) is 0. The maximum atomic E-state index is 11.8. The lowest BCUT2D eigenvalue weighted by atomic mass is 10.2. The number of carbonyl (C=O) groups excluding carboxylic acids is 1. The predicted octanol–water partition coefficient (Wildman–Crippen LogP) is 0.268. The van der Waals surface area contributed by atoms with Crippen LogP contribution in [0.1, 0.15) is 6.42 Å². The molecule has 2 rings (SSSR count). The number of hydrogen-bond donors (Lipinski definition) is 2. The van der Waals surface area contributed by atoms with Gasteiger partial charge < -0.3 is 20.1 Å². The number of halogens is 1. The molecule has 7 nitrogen and oxygen atoms in total. The Morgan fingerprint density at radius 3 is 3.25 bits per heavy atom. The molecule has 0 saturated carbocycles. The Bertz CT molecular complexity index is 407. The van der Waals surface area contributed by atoms with E-state index in [0.717, 1.165) is 6.54 Å². The lowest BCUT2D eigenvalue weighted by Gasteiger charge is -2.22. The number of methoxy groups -OCH3 is 1. The van der Waals surface area contributed by atoms with Crippen LogP contribution in [0.25, 0.3) is 0 Å². The van der Waals surface area contributed by atoms with Gasteiger partial charge in [0.25, 0.3) is 0 Å². The lowest BCUT2D eigenvalue weighted by molar-refractivity contribution is -0.117. The Balaban J connectivity index is 0.00000200. The van der Waals surface area contributed by atoms with E-state index in [4.69, 9.17) is 9.47 Å². The van der Waals surface area contributed by atoms with Crippen molar-refractivity contribution in [1.29, 1.82) is 0 Å². The molecule has 2 heterocycles. The molecule has 0 aliphatic carbocycles. The zero-order valence-electron chi connectivity index (χ0n) is 11.5. The highest BCUT2D eigenvalue weighted by atomic mass is 35.5. The molecule has 1 aliphatic rings. The summed E-state index contributed by atoms with van der Waals surface area (Å²) < 4.78 is 12.0. The number of rotatable bonds is 6. The molecule has 114 valence electrons. The highest BCUT2D eigenvalue weighted by Gasteiger charge is 2.17. The van der Waals surface area contributed by atoms with Crippen molar-refractivity contribution in [2.75, 3.05) is 38.8 Å². The number of carbonyl (C=O) groups is 1. The van der Waals surface area contributed by atoms with E-state index in [1.807, 2.05) is 6.20 Å². The smallest absolute Gasteiger partial charge is 0.227 e. The molecule has 0 radical (unpaired) electrons. The average Bonchev–Trinajstić information content (AvgIpc) is 2.85. The summed E-state index contributed by atoms with van der Waals surface area (Å²) in [4.78, 5) is 11.8. The van der Waals surface area contributed by atoms with Crippen LogP contribution in [0.15, 0.2) is 12.3 Å². The average molecular weight is 305 g/mol. The van der Waals surface area contributed by atoms with Gasteiger partial charge >= 0.3 is 0 Å². The molecule has 1 saturated heterocycles. The van der Waals surface area contributed by atoms with Gasteiger partial charge in [-0.3, -0.25) is 9.48 Å². The minimum atomic E-state index is -0.0556. The van der Waals surface area contributed by atoms with Crippen molar-refractivity contribution in [3.05, 3.63) is 12.3 Å². The predicted molar refractivity (Wildman–Crippen MR) is 77.2 cm³/mol. The van der Waals surface area contributed by atoms with E-state index < -0.39 is 0 Å². The van der Waals surface area contributed by atoms with Crippen LogP contribution in [-0.4, -0.2) is 55.2 Å². The fourth-order valence-corrected chi connectivity index (χ4v) is 1.91. The number of anilines is 1. The minimum absolute atomic E-state index is 0. The molecule has 0 aromatic carbocycles. The van der Waals surface area contributed by atoms with Gasteiger partial charge in [-0.05, 0) is 0 Å². The molecular weight excluding hydrogens is 284 g/mol. The fourth-order valence-electron chi connectivity index (χ4n) is 1.91. The molecule has 1 amide bonds. The lowest BCUT2D eigenvalue weighted by Crippen LogP contribution is -2.43. The monoisotopic (exact) mass is 304 g/mol. The summed E-state index contributed by atoms with van der Waals surface area (Å²) in [6.45, 7) is 3.35. The van der Waals surface area contributed by atoms with Crippen LogP contribution in [0.5, 0.6) is 0 Å². The number of aromatic nitrogens is 2. The second-order valence-corrected chi connectivity index (χ2v) is 4.44. The summed E-state index contributed by atoms with van der Waals surface area (Å²) in [5.74, 6) is 0.512. The molecule has 1 aromatic rings. The van der Waals surface area contributed by atoms with Gasteiger partial charge in [-0.1, -0.05) is 0 Å². The summed E-state index contributed by atoms with van der Waals surface area (Å²) in [7, 11) is 1.64. The second kappa shape index (κ2) is 8.91. The van der Waals surface area contributed by atoms with Crippen molar-refractivity contribution < 1.29 is 14.3 Å². The second-order valence-electron chi connectivity index (χ2n) is 4.44. The van der Waals surface area contributed by atoms with Crippen molar-refractivity contribution >= 4 is 24.1 Å². The summed E-state index contributed by atoms with van der Waals surface area (Å²) in [6, 6.07) is 1.86. The molecule has 1 aromatic heterocycles. The summed E-state index contributed by atoms with van der Waals surface area (Å²) in [6.07, 6.45) is 2.21. The van der Waals surface area contributed by atoms with Gasteiger partial charge in [0.05, 0.1) is 26.4 Å². The third-order valence-electron chi connectivity index (χ3n) is 2.86. The Morgan fingerprint density at radius 2 is 2.55 bits per heavy atom. The topological polar surface area (TPSA) is 77.4 Å². The maximum absolute atomic E-state index is 11.8. The summed E-state index contributed by atoms with van der Waals surface area (Å²) in [5, 5.41) is 10.3. The molecule has 0 bridgehead atoms. The fraction of sp³-hybridized carbons (Fsp3) is 0.667. The first-order chi connectivity index (χ1) is 9.28. The first-order valence-corrected chi connectivity index (χ1v) is 6.41. The van der Waals surface area contributed by atoms with E-state index in [1.165, 1.54) is 0 Å². The number of nitrogens with one attached hydrogen (secondary N) is 2. The van der Waals surface area contributed by atoms with E-state index in [2.05, 4.69) is 15.7 Å². The third kappa shape index (κ3) is 5.46. The van der Waals surface area contributed by atoms with Crippen LogP contribution in [0.3, 0.4) is 0 Å². The Morgan fingerprint density at radius 1 is 1.70 bits per heavy atom. The van der Waals surface area contributed by atoms with E-state index in [9.17, 15) is 4.79 Å². The largest absolute Gasteiger partial charge is 0.383 e. The summed E-state index contributed by atoms with van der Waals surface area (Å²) >= 11 is 0. The van der Waals surface area contributed by atoms with E-state index in [-0.39, 0.29) is 24.4 Å². The van der Waals surface area contributed by atoms with Gasteiger partial charge in [0.2, 0.25) is 5.91 Å². The molecular formula is C12H21ClN4O3. The number of hydrogen-bond acceptors (Lipinski definition) is 5. The molecule has 8 heteroatoms. The van der Waals surface area contributed by atoms with E-state index in [0.29, 0.717) is 38.6 Å². The van der Waals surface area contributed by atoms with Gasteiger partial charge in [0.15, 0.2) is 5.82 Å². The standard InChI is InChI=1S/C12H20N4O3.ClH/c1-18-7-5-16-4-2-11(15-16)14-12(17)8-10-9-19-6-3-13-10;/h2,4,10,13H,3,5-9H2,1H3,(H,14,15,17);1H. The van der Waals surface area contributed by atoms with E-state index >= 15 is 0 Å². The Labute approximate surface area is 124 Å². The number of ether oxygens (including phenoxy) is 2. The van der Waals surface area contributed by atoms with Crippen molar-refractivity contribution in [3.63, 3.8) is 0 Å². The molecule has 1 aliphatic heterocycles. The number of amides is 1. The van der Waals surface area contributed by atoms with Crippen LogP contribution in [0, 0.1) is 0 Å². The van der Waals surface area contributed by atoms with Crippen LogP contribution in [-0.2, 0) is 20.8 Å². The highest BCUT2D eigenvalue weighted by molar-refractivity contribution is 5.90. The Kier molecular flexibility index (Phi) is 7.53. The molecule has 20 heavy (non-hydrogen) atoms. The number of morpholine rings is 1. The third-order valence-corrected chi connectivity index (χ3v) is 2.86. The minimum Gasteiger partial charge on any atom is -0.383 e. The van der Waals surface area contributed by atoms with Crippen molar-refractivity contribution in [3.8, 4) is 0 Å². The van der Waals surface area contributed by atoms with Crippen molar-refractivity contribution in [1.82, 2.24) is 15.1 Å². The van der Waals surface area contributed by atoms with Gasteiger partial charge in [0.1, 0.15) is 0 Å². The first kappa shape index (κ1) is 16.9. The van der Waals surface area contributed by atoms with Crippen LogP contribution < -0.4 is 10.6 Å². The SMILES string of the molecule is COCCn1ccc(NC(=O)CC2COCCN2)n1.Cl. The van der Waals surface area contributed by atoms with E-state index in [1.54, 1.807) is 17.9 Å². The van der Waals surface area contributed by atoms with Crippen LogP contribution in [0.4, 0.5) is 5.82 Å². The number of nitrogens with zero attached hydrogens (tertiary/aromatic N) is 2. The zero-order chi connectivity index (χ0) is 13.5.